The predicted octanol–water partition coefficient (Wildman–Crippen LogP) is 2.41. The van der Waals surface area contributed by atoms with Crippen LogP contribution in [0.2, 0.25) is 0 Å². The van der Waals surface area contributed by atoms with Gasteiger partial charge in [-0.15, -0.1) is 0 Å². The Morgan fingerprint density at radius 3 is 2.38 bits per heavy atom. The van der Waals surface area contributed by atoms with Crippen LogP contribution in [0, 0.1) is 0 Å². The first-order valence-electron chi connectivity index (χ1n) is 9.59. The Kier molecular flexibility index (Phi) is 4.75. The van der Waals surface area contributed by atoms with E-state index in [9.17, 15) is 13.2 Å². The summed E-state index contributed by atoms with van der Waals surface area (Å²) < 4.78 is 25.0. The van der Waals surface area contributed by atoms with Crippen molar-refractivity contribution in [3.8, 4) is 0 Å². The second-order valence-electron chi connectivity index (χ2n) is 8.01. The van der Waals surface area contributed by atoms with E-state index in [2.05, 4.69) is 19.0 Å². The molecule has 0 spiro atoms. The van der Waals surface area contributed by atoms with Gasteiger partial charge in [-0.25, -0.2) is 8.42 Å². The van der Waals surface area contributed by atoms with E-state index >= 15 is 0 Å². The van der Waals surface area contributed by atoms with Crippen molar-refractivity contribution in [1.29, 1.82) is 0 Å². The summed E-state index contributed by atoms with van der Waals surface area (Å²) in [6.07, 6.45) is 4.04. The van der Waals surface area contributed by atoms with E-state index < -0.39 is 9.84 Å². The smallest absolute Gasteiger partial charge is 0.193 e. The summed E-state index contributed by atoms with van der Waals surface area (Å²) in [5.74, 6) is 6.20. The van der Waals surface area contributed by atoms with Gasteiger partial charge in [0.25, 0.3) is 0 Å². The normalized spacial score (nSPS) is 16.9. The molecule has 1 aliphatic carbocycles. The number of nitrogen functional groups attached to an aromatic ring is 1. The molecule has 1 atom stereocenters. The number of sulfone groups is 1. The molecule has 6 nitrogen and oxygen atoms in total. The molecule has 0 bridgehead atoms. The molecule has 2 N–H and O–H groups in total. The SMILES string of the molecule is CN(C)C1CCc2c(c3cc(C(=O)c4ccc(S(C)(=O)=O)cc4)ccc3n2N)C1. The zero-order valence-corrected chi connectivity index (χ0v) is 17.7. The third-order valence-corrected chi connectivity index (χ3v) is 7.04. The average Bonchev–Trinajstić information content (AvgIpc) is 2.98. The van der Waals surface area contributed by atoms with Crippen molar-refractivity contribution in [2.45, 2.75) is 30.2 Å². The van der Waals surface area contributed by atoms with E-state index in [4.69, 9.17) is 5.84 Å². The Balaban J connectivity index is 1.74. The number of nitrogens with zero attached hydrogens (tertiary/aromatic N) is 2. The molecule has 1 heterocycles. The van der Waals surface area contributed by atoms with Crippen LogP contribution in [0.4, 0.5) is 0 Å². The summed E-state index contributed by atoms with van der Waals surface area (Å²) in [5.41, 5.74) is 4.32. The molecule has 29 heavy (non-hydrogen) atoms. The number of nitrogens with two attached hydrogens (primary N) is 1. The minimum Gasteiger partial charge on any atom is -0.339 e. The van der Waals surface area contributed by atoms with Gasteiger partial charge in [-0.05, 0) is 81.4 Å². The summed E-state index contributed by atoms with van der Waals surface area (Å²) in [6.45, 7) is 0. The van der Waals surface area contributed by atoms with Crippen molar-refractivity contribution in [3.63, 3.8) is 0 Å². The number of likely N-dealkylation sites (N-methyl/N-ethyl adjacent to an activating group) is 1. The van der Waals surface area contributed by atoms with Crippen molar-refractivity contribution < 1.29 is 13.2 Å². The van der Waals surface area contributed by atoms with Gasteiger partial charge < -0.3 is 10.7 Å². The first kappa shape index (κ1) is 19.7. The maximum Gasteiger partial charge on any atom is 0.193 e. The van der Waals surface area contributed by atoms with Crippen molar-refractivity contribution in [1.82, 2.24) is 9.58 Å². The Morgan fingerprint density at radius 2 is 1.76 bits per heavy atom. The quantitative estimate of drug-likeness (QED) is 0.526. The lowest BCUT2D eigenvalue weighted by atomic mass is 9.90. The maximum atomic E-state index is 13.0. The third-order valence-electron chi connectivity index (χ3n) is 5.91. The number of hydrogen-bond donors (Lipinski definition) is 1. The summed E-state index contributed by atoms with van der Waals surface area (Å²) in [5, 5.41) is 1.02. The number of carbonyl (C=O) groups is 1. The van der Waals surface area contributed by atoms with E-state index in [1.807, 2.05) is 12.1 Å². The number of rotatable bonds is 4. The number of benzene rings is 2. The summed E-state index contributed by atoms with van der Waals surface area (Å²) in [7, 11) is 0.889. The van der Waals surface area contributed by atoms with Gasteiger partial charge in [0.2, 0.25) is 0 Å². The van der Waals surface area contributed by atoms with Crippen LogP contribution in [0.15, 0.2) is 47.4 Å². The van der Waals surface area contributed by atoms with E-state index in [-0.39, 0.29) is 10.7 Å². The van der Waals surface area contributed by atoms with Gasteiger partial charge in [-0.3, -0.25) is 9.47 Å². The molecule has 0 saturated heterocycles. The molecule has 1 aromatic heterocycles. The fourth-order valence-corrected chi connectivity index (χ4v) is 4.81. The third kappa shape index (κ3) is 3.45. The van der Waals surface area contributed by atoms with Crippen molar-refractivity contribution in [3.05, 3.63) is 64.8 Å². The predicted molar refractivity (Wildman–Crippen MR) is 115 cm³/mol. The van der Waals surface area contributed by atoms with E-state index in [1.165, 1.54) is 17.7 Å². The van der Waals surface area contributed by atoms with Crippen molar-refractivity contribution in [2.24, 2.45) is 0 Å². The van der Waals surface area contributed by atoms with Crippen LogP contribution in [0.1, 0.15) is 33.6 Å². The monoisotopic (exact) mass is 411 g/mol. The minimum atomic E-state index is -3.29. The minimum absolute atomic E-state index is 0.134. The summed E-state index contributed by atoms with van der Waals surface area (Å²) in [4.78, 5) is 15.4. The highest BCUT2D eigenvalue weighted by molar-refractivity contribution is 7.90. The molecule has 0 radical (unpaired) electrons. The first-order valence-corrected chi connectivity index (χ1v) is 11.5. The zero-order chi connectivity index (χ0) is 20.9. The molecule has 0 amide bonds. The standard InChI is InChI=1S/C22H25N3O3S/c1-24(2)16-7-11-21-19(13-16)18-12-15(6-10-20(18)25(21)23)22(26)14-4-8-17(9-5-14)29(3,27)28/h4-6,8-10,12,16H,7,11,13,23H2,1-3H3. The lowest BCUT2D eigenvalue weighted by Crippen LogP contribution is -2.34. The molecule has 0 saturated carbocycles. The molecule has 7 heteroatoms. The topological polar surface area (TPSA) is 85.4 Å². The Hall–Kier alpha value is -2.64. The second-order valence-corrected chi connectivity index (χ2v) is 10.0. The molecule has 4 rings (SSSR count). The first-order chi connectivity index (χ1) is 13.7. The summed E-state index contributed by atoms with van der Waals surface area (Å²) >= 11 is 0. The van der Waals surface area contributed by atoms with Gasteiger partial charge in [0.1, 0.15) is 0 Å². The van der Waals surface area contributed by atoms with Crippen LogP contribution >= 0.6 is 0 Å². The van der Waals surface area contributed by atoms with E-state index in [0.717, 1.165) is 42.1 Å². The van der Waals surface area contributed by atoms with E-state index in [1.54, 1.807) is 22.9 Å². The number of aromatic nitrogens is 1. The van der Waals surface area contributed by atoms with Crippen LogP contribution in [0.25, 0.3) is 10.9 Å². The van der Waals surface area contributed by atoms with Gasteiger partial charge in [-0.2, -0.15) is 0 Å². The Labute approximate surface area is 170 Å². The molecule has 3 aromatic rings. The van der Waals surface area contributed by atoms with Gasteiger partial charge in [0.05, 0.1) is 10.4 Å². The van der Waals surface area contributed by atoms with Gasteiger partial charge in [0, 0.05) is 34.5 Å². The van der Waals surface area contributed by atoms with Crippen molar-refractivity contribution in [2.75, 3.05) is 26.2 Å². The number of fused-ring (bicyclic) bond motifs is 3. The lowest BCUT2D eigenvalue weighted by molar-refractivity contribution is 0.103. The highest BCUT2D eigenvalue weighted by atomic mass is 32.2. The second kappa shape index (κ2) is 7.00. The van der Waals surface area contributed by atoms with Crippen LogP contribution < -0.4 is 5.84 Å². The largest absolute Gasteiger partial charge is 0.339 e. The molecular formula is C22H25N3O3S. The molecular weight excluding hydrogens is 386 g/mol. The summed E-state index contributed by atoms with van der Waals surface area (Å²) in [6, 6.07) is 12.1. The maximum absolute atomic E-state index is 13.0. The Bertz CT molecular complexity index is 1210. The van der Waals surface area contributed by atoms with Crippen molar-refractivity contribution >= 4 is 26.5 Å². The molecule has 0 aliphatic heterocycles. The fraction of sp³-hybridized carbons (Fsp3) is 0.318. The van der Waals surface area contributed by atoms with Gasteiger partial charge in [0.15, 0.2) is 15.6 Å². The molecule has 2 aromatic carbocycles. The van der Waals surface area contributed by atoms with Crippen LogP contribution in [-0.2, 0) is 22.7 Å². The highest BCUT2D eigenvalue weighted by Crippen LogP contribution is 2.33. The zero-order valence-electron chi connectivity index (χ0n) is 16.8. The lowest BCUT2D eigenvalue weighted by Gasteiger charge is -2.28. The number of carbonyl (C=O) groups excluding carboxylic acids is 1. The molecule has 0 fully saturated rings. The van der Waals surface area contributed by atoms with Crippen LogP contribution in [0.5, 0.6) is 0 Å². The average molecular weight is 412 g/mol. The van der Waals surface area contributed by atoms with Crippen LogP contribution in [0.3, 0.4) is 0 Å². The van der Waals surface area contributed by atoms with Crippen LogP contribution in [-0.4, -0.2) is 50.2 Å². The molecule has 1 aliphatic rings. The molecule has 152 valence electrons. The highest BCUT2D eigenvalue weighted by Gasteiger charge is 2.26. The fourth-order valence-electron chi connectivity index (χ4n) is 4.18. The number of hydrogen-bond acceptors (Lipinski definition) is 5. The number of ketones is 1. The Morgan fingerprint density at radius 1 is 1.10 bits per heavy atom. The molecule has 1 unspecified atom stereocenters. The van der Waals surface area contributed by atoms with Gasteiger partial charge in [-0.1, -0.05) is 0 Å². The van der Waals surface area contributed by atoms with Gasteiger partial charge >= 0.3 is 0 Å². The van der Waals surface area contributed by atoms with E-state index in [0.29, 0.717) is 17.2 Å².